The molecule has 0 aromatic heterocycles. The van der Waals surface area contributed by atoms with Crippen LogP contribution in [0.3, 0.4) is 0 Å². The van der Waals surface area contributed by atoms with Crippen LogP contribution < -0.4 is 15.5 Å². The average Bonchev–Trinajstić information content (AvgIpc) is 3.83. The number of fused-ring (bicyclic) bond motifs is 7. The molecule has 4 atom stereocenters. The van der Waals surface area contributed by atoms with Crippen molar-refractivity contribution in [2.75, 3.05) is 7.11 Å². The summed E-state index contributed by atoms with van der Waals surface area (Å²) in [6, 6.07) is 14.5. The molecule has 4 heterocycles. The molecule has 4 aliphatic heterocycles. The van der Waals surface area contributed by atoms with E-state index in [1.165, 1.54) is 23.6 Å². The lowest BCUT2D eigenvalue weighted by atomic mass is 9.77. The summed E-state index contributed by atoms with van der Waals surface area (Å²) in [5, 5.41) is 5.16. The topological polar surface area (TPSA) is 98.7 Å². The fourth-order valence-corrected chi connectivity index (χ4v) is 8.62. The van der Waals surface area contributed by atoms with Gasteiger partial charge in [-0.1, -0.05) is 38.5 Å². The number of hydrogen-bond acceptors (Lipinski definition) is 7. The maximum absolute atomic E-state index is 14.2. The summed E-state index contributed by atoms with van der Waals surface area (Å²) in [5.41, 5.74) is 6.73. The number of methoxy groups -OCH3 is 1. The zero-order chi connectivity index (χ0) is 34.4. The molecule has 1 saturated carbocycles. The Kier molecular flexibility index (Phi) is 7.65. The smallest absolute Gasteiger partial charge is 0.488 e. The largest absolute Gasteiger partial charge is 0.494 e. The standard InChI is InChI=1S/C39H46BN3O6/c1-21(2)35(42-37(45)46-7)36(44)43-32-10-8-9-23(32)17-33(43)31-19-29-27-16-24-20-47-34-18-25(40-48-38(3,4)39(5,6)49-40)12-13-26(34)28(24)15-22(27)11-14-30(29)41-31/h11-16,18,21,23,32-33,35H,8-10,17,19-20H2,1-7H3,(H,42,45)/t23-,32-,33-,35-/m0/s1. The van der Waals surface area contributed by atoms with Crippen LogP contribution in [0.25, 0.3) is 21.9 Å². The third-order valence-corrected chi connectivity index (χ3v) is 12.0. The number of rotatable bonds is 5. The molecule has 0 radical (unpaired) electrons. The Morgan fingerprint density at radius 1 is 1.02 bits per heavy atom. The Balaban J connectivity index is 1.08. The molecule has 2 amide bonds. The van der Waals surface area contributed by atoms with E-state index < -0.39 is 30.5 Å². The molecule has 3 aromatic rings. The number of hydrogen-bond donors (Lipinski definition) is 1. The molecule has 1 N–H and O–H groups in total. The number of carbonyl (C=O) groups is 2. The quantitative estimate of drug-likeness (QED) is 0.314. The van der Waals surface area contributed by atoms with Crippen LogP contribution in [0.4, 0.5) is 10.5 Å². The minimum atomic E-state index is -0.651. The normalized spacial score (nSPS) is 25.0. The molecular weight excluding hydrogens is 617 g/mol. The van der Waals surface area contributed by atoms with Crippen molar-refractivity contribution in [2.45, 2.75) is 110 Å². The number of amides is 2. The number of ether oxygens (including phenoxy) is 2. The van der Waals surface area contributed by atoms with Gasteiger partial charge in [-0.25, -0.2) is 4.79 Å². The molecule has 256 valence electrons. The van der Waals surface area contributed by atoms with Crippen LogP contribution in [-0.4, -0.2) is 66.2 Å². The number of alkyl carbamates (subject to hydrolysis) is 1. The Bertz CT molecular complexity index is 1890. The van der Waals surface area contributed by atoms with Crippen LogP contribution in [-0.2, 0) is 31.9 Å². The second kappa shape index (κ2) is 11.6. The predicted molar refractivity (Wildman–Crippen MR) is 191 cm³/mol. The highest BCUT2D eigenvalue weighted by Crippen LogP contribution is 2.46. The number of nitrogens with zero attached hydrogens (tertiary/aromatic N) is 2. The van der Waals surface area contributed by atoms with E-state index >= 15 is 0 Å². The molecule has 3 aromatic carbocycles. The van der Waals surface area contributed by atoms with Gasteiger partial charge in [0.1, 0.15) is 18.4 Å². The van der Waals surface area contributed by atoms with E-state index in [1.54, 1.807) is 0 Å². The van der Waals surface area contributed by atoms with Crippen molar-refractivity contribution in [3.05, 3.63) is 53.6 Å². The van der Waals surface area contributed by atoms with E-state index in [9.17, 15) is 9.59 Å². The molecule has 8 rings (SSSR count). The summed E-state index contributed by atoms with van der Waals surface area (Å²) in [6.45, 7) is 12.7. The first kappa shape index (κ1) is 32.3. The minimum Gasteiger partial charge on any atom is -0.488 e. The lowest BCUT2D eigenvalue weighted by Crippen LogP contribution is -2.56. The summed E-state index contributed by atoms with van der Waals surface area (Å²) >= 11 is 0. The number of benzene rings is 3. The molecule has 0 spiro atoms. The highest BCUT2D eigenvalue weighted by Gasteiger charge is 2.52. The molecule has 3 fully saturated rings. The average molecular weight is 664 g/mol. The second-order valence-corrected chi connectivity index (χ2v) is 15.8. The molecule has 0 unspecified atom stereocenters. The van der Waals surface area contributed by atoms with Crippen molar-refractivity contribution >= 4 is 46.8 Å². The first-order valence-electron chi connectivity index (χ1n) is 17.8. The monoisotopic (exact) mass is 663 g/mol. The highest BCUT2D eigenvalue weighted by molar-refractivity contribution is 6.62. The zero-order valence-electron chi connectivity index (χ0n) is 29.6. The number of carbonyl (C=O) groups excluding carboxylic acids is 2. The first-order valence-corrected chi connectivity index (χ1v) is 17.8. The summed E-state index contributed by atoms with van der Waals surface area (Å²) < 4.78 is 23.9. The maximum Gasteiger partial charge on any atom is 0.494 e. The van der Waals surface area contributed by atoms with E-state index in [1.807, 2.05) is 13.8 Å². The summed E-state index contributed by atoms with van der Waals surface area (Å²) in [7, 11) is 0.887. The third-order valence-electron chi connectivity index (χ3n) is 12.0. The van der Waals surface area contributed by atoms with E-state index in [2.05, 4.69) is 80.4 Å². The van der Waals surface area contributed by atoms with E-state index in [0.29, 0.717) is 18.9 Å². The Labute approximate surface area is 288 Å². The van der Waals surface area contributed by atoms with Gasteiger partial charge in [0, 0.05) is 23.7 Å². The Morgan fingerprint density at radius 2 is 1.80 bits per heavy atom. The summed E-state index contributed by atoms with van der Waals surface area (Å²) in [4.78, 5) is 33.7. The fourth-order valence-electron chi connectivity index (χ4n) is 8.62. The number of aliphatic imine (C=N–C) groups is 1. The lowest BCUT2D eigenvalue weighted by Gasteiger charge is -2.34. The van der Waals surface area contributed by atoms with Gasteiger partial charge in [0.15, 0.2) is 0 Å². The van der Waals surface area contributed by atoms with Crippen LogP contribution in [0.2, 0.25) is 0 Å². The van der Waals surface area contributed by atoms with Gasteiger partial charge < -0.3 is 29.0 Å². The van der Waals surface area contributed by atoms with Gasteiger partial charge in [-0.3, -0.25) is 9.79 Å². The van der Waals surface area contributed by atoms with Crippen molar-refractivity contribution in [1.82, 2.24) is 10.2 Å². The Hall–Kier alpha value is -3.89. The molecule has 2 saturated heterocycles. The van der Waals surface area contributed by atoms with Gasteiger partial charge in [0.05, 0.1) is 30.0 Å². The van der Waals surface area contributed by atoms with Gasteiger partial charge in [0.2, 0.25) is 5.91 Å². The molecule has 10 heteroatoms. The van der Waals surface area contributed by atoms with Gasteiger partial charge in [-0.05, 0) is 116 Å². The number of nitrogens with one attached hydrogen (secondary N) is 1. The van der Waals surface area contributed by atoms with Gasteiger partial charge in [-0.15, -0.1) is 0 Å². The van der Waals surface area contributed by atoms with Crippen molar-refractivity contribution < 1.29 is 28.4 Å². The van der Waals surface area contributed by atoms with Crippen LogP contribution in [0, 0.1) is 11.8 Å². The van der Waals surface area contributed by atoms with Crippen molar-refractivity contribution in [1.29, 1.82) is 0 Å². The molecule has 1 aliphatic carbocycles. The van der Waals surface area contributed by atoms with Crippen molar-refractivity contribution in [3.8, 4) is 16.9 Å². The predicted octanol–water partition coefficient (Wildman–Crippen LogP) is 6.48. The van der Waals surface area contributed by atoms with E-state index in [4.69, 9.17) is 23.8 Å². The summed E-state index contributed by atoms with van der Waals surface area (Å²) in [5.74, 6) is 1.18. The number of likely N-dealkylation sites (tertiary alicyclic amines) is 1. The third kappa shape index (κ3) is 5.25. The molecule has 0 bridgehead atoms. The zero-order valence-corrected chi connectivity index (χ0v) is 29.6. The van der Waals surface area contributed by atoms with Crippen LogP contribution in [0.1, 0.15) is 78.4 Å². The maximum atomic E-state index is 14.2. The van der Waals surface area contributed by atoms with E-state index in [0.717, 1.165) is 64.8 Å². The summed E-state index contributed by atoms with van der Waals surface area (Å²) in [6.07, 6.45) is 4.27. The Morgan fingerprint density at radius 3 is 2.53 bits per heavy atom. The molecule has 49 heavy (non-hydrogen) atoms. The molecule has 9 nitrogen and oxygen atoms in total. The van der Waals surface area contributed by atoms with Gasteiger partial charge in [0.25, 0.3) is 0 Å². The fraction of sp³-hybridized carbons (Fsp3) is 0.513. The molecule has 5 aliphatic rings. The van der Waals surface area contributed by atoms with Crippen molar-refractivity contribution in [3.63, 3.8) is 0 Å². The second-order valence-electron chi connectivity index (χ2n) is 15.8. The van der Waals surface area contributed by atoms with Crippen LogP contribution in [0.15, 0.2) is 47.5 Å². The van der Waals surface area contributed by atoms with Gasteiger partial charge >= 0.3 is 13.2 Å². The van der Waals surface area contributed by atoms with E-state index in [-0.39, 0.29) is 23.9 Å². The van der Waals surface area contributed by atoms with Gasteiger partial charge in [-0.2, -0.15) is 0 Å². The first-order chi connectivity index (χ1) is 23.3. The van der Waals surface area contributed by atoms with Crippen molar-refractivity contribution in [2.24, 2.45) is 16.8 Å². The van der Waals surface area contributed by atoms with Crippen LogP contribution >= 0.6 is 0 Å². The SMILES string of the molecule is COC(=O)N[C@H](C(=O)N1[C@H](C2=Nc3ccc4cc5c(cc4c3C2)COc2cc(B3OC(C)(C)C(C)(C)O3)ccc2-5)C[C@@H]2CCC[C@@H]21)C(C)C. The minimum absolute atomic E-state index is 0.0326. The highest BCUT2D eigenvalue weighted by atomic mass is 16.7. The van der Waals surface area contributed by atoms with Crippen LogP contribution in [0.5, 0.6) is 5.75 Å². The lowest BCUT2D eigenvalue weighted by molar-refractivity contribution is -0.136. The molecular formula is C39H46BN3O6.